The van der Waals surface area contributed by atoms with Crippen molar-refractivity contribution in [2.45, 2.75) is 65.1 Å². The third kappa shape index (κ3) is 7.25. The Balaban J connectivity index is 1.56. The van der Waals surface area contributed by atoms with E-state index in [1.807, 2.05) is 29.2 Å². The molecule has 2 aliphatic rings. The minimum atomic E-state index is -0.645. The van der Waals surface area contributed by atoms with E-state index in [2.05, 4.69) is 24.5 Å². The van der Waals surface area contributed by atoms with Crippen LogP contribution in [0.2, 0.25) is 0 Å². The van der Waals surface area contributed by atoms with E-state index < -0.39 is 12.1 Å². The van der Waals surface area contributed by atoms with Crippen LogP contribution in [0.3, 0.4) is 0 Å². The van der Waals surface area contributed by atoms with Crippen LogP contribution in [0.1, 0.15) is 61.9 Å². The van der Waals surface area contributed by atoms with Crippen molar-refractivity contribution in [2.75, 3.05) is 47.4 Å². The molecule has 1 aliphatic heterocycles. The molecule has 0 saturated heterocycles. The van der Waals surface area contributed by atoms with E-state index in [0.29, 0.717) is 78.8 Å². The highest BCUT2D eigenvalue weighted by Gasteiger charge is 2.32. The monoisotopic (exact) mass is 673 g/mol. The summed E-state index contributed by atoms with van der Waals surface area (Å²) in [7, 11) is 7.89. The lowest BCUT2D eigenvalue weighted by atomic mass is 9.95. The van der Waals surface area contributed by atoms with Gasteiger partial charge in [0.15, 0.2) is 23.0 Å². The number of nitrogens with one attached hydrogen (secondary N) is 2. The van der Waals surface area contributed by atoms with Gasteiger partial charge in [-0.3, -0.25) is 14.4 Å². The molecule has 3 aromatic rings. The summed E-state index contributed by atoms with van der Waals surface area (Å²) in [6.07, 6.45) is 2.34. The largest absolute Gasteiger partial charge is 0.493 e. The molecular weight excluding hydrogens is 626 g/mol. The van der Waals surface area contributed by atoms with E-state index in [4.69, 9.17) is 23.7 Å². The summed E-state index contributed by atoms with van der Waals surface area (Å²) < 4.78 is 28.2. The fraction of sp³-hybridized carbons (Fsp3) is 0.447. The second-order valence-electron chi connectivity index (χ2n) is 12.9. The van der Waals surface area contributed by atoms with Crippen molar-refractivity contribution in [1.29, 1.82) is 0 Å². The number of carbonyl (C=O) groups is 2. The number of nitrogens with zero attached hydrogens (tertiary/aromatic N) is 1. The Hall–Kier alpha value is -4.93. The van der Waals surface area contributed by atoms with Crippen LogP contribution in [0.25, 0.3) is 11.1 Å². The molecular formula is C38H47N3O8. The number of anilines is 1. The Kier molecular flexibility index (Phi) is 10.9. The molecule has 49 heavy (non-hydrogen) atoms. The predicted octanol–water partition coefficient (Wildman–Crippen LogP) is 5.29. The summed E-state index contributed by atoms with van der Waals surface area (Å²) >= 11 is 0. The molecule has 2 atom stereocenters. The quantitative estimate of drug-likeness (QED) is 0.279. The fourth-order valence-corrected chi connectivity index (χ4v) is 7.00. The van der Waals surface area contributed by atoms with Gasteiger partial charge in [0.2, 0.25) is 23.0 Å². The highest BCUT2D eigenvalue weighted by atomic mass is 16.5. The van der Waals surface area contributed by atoms with Crippen LogP contribution in [-0.2, 0) is 29.0 Å². The second-order valence-corrected chi connectivity index (χ2v) is 12.9. The minimum Gasteiger partial charge on any atom is -0.493 e. The molecule has 11 nitrogen and oxygen atoms in total. The zero-order valence-corrected chi connectivity index (χ0v) is 29.7. The smallest absolute Gasteiger partial charge is 0.245 e. The van der Waals surface area contributed by atoms with Crippen LogP contribution in [-0.4, -0.2) is 64.8 Å². The molecule has 0 bridgehead atoms. The number of methoxy groups -OCH3 is 5. The van der Waals surface area contributed by atoms with Crippen molar-refractivity contribution in [3.05, 3.63) is 68.9 Å². The molecule has 3 aromatic carbocycles. The normalized spacial score (nSPS) is 15.5. The van der Waals surface area contributed by atoms with Gasteiger partial charge in [0.25, 0.3) is 0 Å². The summed E-state index contributed by atoms with van der Waals surface area (Å²) in [5.74, 6) is 2.60. The molecule has 0 radical (unpaired) electrons. The summed E-state index contributed by atoms with van der Waals surface area (Å²) in [6, 6.07) is 9.89. The Morgan fingerprint density at radius 3 is 2.10 bits per heavy atom. The van der Waals surface area contributed by atoms with Gasteiger partial charge in [0, 0.05) is 25.6 Å². The minimum absolute atomic E-state index is 0.0819. The van der Waals surface area contributed by atoms with Crippen LogP contribution in [0.4, 0.5) is 5.69 Å². The van der Waals surface area contributed by atoms with Crippen LogP contribution in [0, 0.1) is 5.92 Å². The Morgan fingerprint density at radius 2 is 1.49 bits per heavy atom. The van der Waals surface area contributed by atoms with Crippen molar-refractivity contribution < 1.29 is 33.3 Å². The lowest BCUT2D eigenvalue weighted by molar-refractivity contribution is -0.133. The molecule has 1 aliphatic carbocycles. The Bertz CT molecular complexity index is 1790. The molecule has 0 aromatic heterocycles. The van der Waals surface area contributed by atoms with Crippen LogP contribution < -0.4 is 39.7 Å². The van der Waals surface area contributed by atoms with Crippen LogP contribution in [0.15, 0.2) is 41.2 Å². The molecule has 2 N–H and O–H groups in total. The first kappa shape index (κ1) is 35.4. The number of benzene rings is 2. The number of aryl methyl sites for hydroxylation is 1. The lowest BCUT2D eigenvalue weighted by Gasteiger charge is -2.33. The topological polar surface area (TPSA) is 125 Å². The summed E-state index contributed by atoms with van der Waals surface area (Å²) in [6.45, 7) is 6.54. The van der Waals surface area contributed by atoms with E-state index in [1.54, 1.807) is 47.7 Å². The maximum absolute atomic E-state index is 14.2. The number of rotatable bonds is 11. The van der Waals surface area contributed by atoms with Crippen molar-refractivity contribution >= 4 is 17.5 Å². The molecule has 0 fully saturated rings. The molecule has 0 spiro atoms. The average molecular weight is 674 g/mol. The maximum Gasteiger partial charge on any atom is 0.245 e. The SMILES string of the molecule is COc1cc2c(cc1OC)CN(C(=O)C(CC(C)C)Nc1ccc3c(cc1=O)C(NC(C)=O)CCc1cc(OC)c(OC)c(OC)c1-3)CC2. The van der Waals surface area contributed by atoms with Gasteiger partial charge in [-0.15, -0.1) is 0 Å². The number of amides is 2. The zero-order chi connectivity index (χ0) is 35.4. The predicted molar refractivity (Wildman–Crippen MR) is 188 cm³/mol. The van der Waals surface area contributed by atoms with Crippen molar-refractivity contribution in [2.24, 2.45) is 5.92 Å². The van der Waals surface area contributed by atoms with E-state index in [-0.39, 0.29) is 23.2 Å². The van der Waals surface area contributed by atoms with E-state index in [0.717, 1.165) is 27.8 Å². The molecule has 11 heteroatoms. The zero-order valence-electron chi connectivity index (χ0n) is 29.7. The van der Waals surface area contributed by atoms with Gasteiger partial charge in [-0.2, -0.15) is 0 Å². The summed E-state index contributed by atoms with van der Waals surface area (Å²) in [5, 5.41) is 6.38. The van der Waals surface area contributed by atoms with Crippen LogP contribution >= 0.6 is 0 Å². The standard InChI is InChI=1S/C38H47N3O8/c1-21(2)15-30(38(44)41-14-13-23-16-32(45-4)33(46-5)18-25(23)20-41)40-29-12-10-26-27(19-31(29)43)28(39-22(3)42)11-9-24-17-34(47-6)36(48-7)37(49-8)35(24)26/h10,12,16-19,21,28,30H,9,11,13-15,20H2,1-8H3,(H,39,42)(H,40,43). The molecule has 2 unspecified atom stereocenters. The first-order valence-electron chi connectivity index (χ1n) is 16.6. The van der Waals surface area contributed by atoms with Crippen molar-refractivity contribution in [3.8, 4) is 39.9 Å². The van der Waals surface area contributed by atoms with Gasteiger partial charge in [-0.25, -0.2) is 0 Å². The summed E-state index contributed by atoms with van der Waals surface area (Å²) in [4.78, 5) is 42.4. The lowest BCUT2D eigenvalue weighted by Crippen LogP contribution is -2.46. The fourth-order valence-electron chi connectivity index (χ4n) is 7.00. The number of hydrogen-bond acceptors (Lipinski definition) is 9. The van der Waals surface area contributed by atoms with Gasteiger partial charge in [0.1, 0.15) is 6.04 Å². The number of hydrogen-bond donors (Lipinski definition) is 2. The first-order chi connectivity index (χ1) is 23.5. The first-order valence-corrected chi connectivity index (χ1v) is 16.6. The van der Waals surface area contributed by atoms with Gasteiger partial charge in [-0.1, -0.05) is 19.9 Å². The highest BCUT2D eigenvalue weighted by Crippen LogP contribution is 2.50. The van der Waals surface area contributed by atoms with Gasteiger partial charge in [0.05, 0.1) is 47.3 Å². The van der Waals surface area contributed by atoms with Gasteiger partial charge >= 0.3 is 0 Å². The Labute approximate surface area is 287 Å². The van der Waals surface area contributed by atoms with Gasteiger partial charge < -0.3 is 39.2 Å². The Morgan fingerprint density at radius 1 is 0.837 bits per heavy atom. The van der Waals surface area contributed by atoms with Crippen LogP contribution in [0.5, 0.6) is 28.7 Å². The maximum atomic E-state index is 14.2. The highest BCUT2D eigenvalue weighted by molar-refractivity contribution is 5.86. The second kappa shape index (κ2) is 15.1. The van der Waals surface area contributed by atoms with Crippen molar-refractivity contribution in [1.82, 2.24) is 10.2 Å². The number of fused-ring (bicyclic) bond motifs is 4. The molecule has 262 valence electrons. The van der Waals surface area contributed by atoms with Gasteiger partial charge in [-0.05, 0) is 89.8 Å². The third-order valence-electron chi connectivity index (χ3n) is 9.28. The molecule has 1 heterocycles. The van der Waals surface area contributed by atoms with Crippen molar-refractivity contribution in [3.63, 3.8) is 0 Å². The summed E-state index contributed by atoms with van der Waals surface area (Å²) in [5.41, 5.74) is 5.19. The number of ether oxygens (including phenoxy) is 5. The van der Waals surface area contributed by atoms with E-state index in [9.17, 15) is 14.4 Å². The number of carbonyl (C=O) groups excluding carboxylic acids is 2. The average Bonchev–Trinajstić information content (AvgIpc) is 3.33. The molecule has 2 amide bonds. The van der Waals surface area contributed by atoms with E-state index >= 15 is 0 Å². The molecule has 5 rings (SSSR count). The molecule has 0 saturated carbocycles. The van der Waals surface area contributed by atoms with E-state index in [1.165, 1.54) is 6.92 Å². The third-order valence-corrected chi connectivity index (χ3v) is 9.28.